The summed E-state index contributed by atoms with van der Waals surface area (Å²) in [5, 5.41) is 0. The molecule has 0 bridgehead atoms. The fourth-order valence-electron chi connectivity index (χ4n) is 1.74. The van der Waals surface area contributed by atoms with E-state index in [1.807, 2.05) is 0 Å². The van der Waals surface area contributed by atoms with E-state index in [0.29, 0.717) is 11.8 Å². The van der Waals surface area contributed by atoms with Crippen LogP contribution in [0.15, 0.2) is 34.9 Å². The summed E-state index contributed by atoms with van der Waals surface area (Å²) in [5.74, 6) is 1.11. The Morgan fingerprint density at radius 1 is 1.00 bits per heavy atom. The Labute approximate surface area is 146 Å². The van der Waals surface area contributed by atoms with Crippen LogP contribution in [0.2, 0.25) is 0 Å². The van der Waals surface area contributed by atoms with Crippen molar-refractivity contribution in [2.24, 2.45) is 11.8 Å². The molecule has 19 heavy (non-hydrogen) atoms. The maximum absolute atomic E-state index is 3.34. The van der Waals surface area contributed by atoms with Gasteiger partial charge in [-0.25, -0.2) is 22.8 Å². The first-order chi connectivity index (χ1) is 7.99. The maximum atomic E-state index is 3.34. The van der Waals surface area contributed by atoms with E-state index < -0.39 is 0 Å². The Balaban J connectivity index is -0.000000219. The molecule has 0 saturated heterocycles. The second-order valence-corrected chi connectivity index (χ2v) is 4.38. The first-order valence-electron chi connectivity index (χ1n) is 5.91. The zero-order chi connectivity index (χ0) is 13.4. The molecule has 0 aromatic rings. The molecule has 0 saturated carbocycles. The summed E-state index contributed by atoms with van der Waals surface area (Å²) in [5.41, 5.74) is 3.97. The fraction of sp³-hybridized carbons (Fsp3) is 0.438. The van der Waals surface area contributed by atoms with Crippen molar-refractivity contribution >= 4 is 4.21 Å². The van der Waals surface area contributed by atoms with Gasteiger partial charge < -0.3 is 24.8 Å². The summed E-state index contributed by atoms with van der Waals surface area (Å²) in [6.45, 7) is 10.6. The third-order valence-electron chi connectivity index (χ3n) is 2.63. The Kier molecular flexibility index (Phi) is 17.0. The molecule has 0 heterocycles. The Bertz CT molecular complexity index is 347. The summed E-state index contributed by atoms with van der Waals surface area (Å²) in [6.07, 6.45) is 13.0. The van der Waals surface area contributed by atoms with Gasteiger partial charge in [0.2, 0.25) is 0 Å². The average Bonchev–Trinajstić information content (AvgIpc) is 2.77. The average molecular weight is 376 g/mol. The molecule has 2 rings (SSSR count). The zero-order valence-electron chi connectivity index (χ0n) is 12.3. The first-order valence-corrected chi connectivity index (χ1v) is 7.65. The number of allylic oxidation sites excluding steroid dienone is 8. The van der Waals surface area contributed by atoms with Gasteiger partial charge in [-0.1, -0.05) is 39.5 Å². The predicted molar refractivity (Wildman–Crippen MR) is 73.2 cm³/mol. The second kappa shape index (κ2) is 13.3. The van der Waals surface area contributed by atoms with Crippen molar-refractivity contribution in [2.45, 2.75) is 34.6 Å². The van der Waals surface area contributed by atoms with Crippen LogP contribution in [-0.4, -0.2) is 4.21 Å². The minimum atomic E-state index is 0. The molecule has 2 unspecified atom stereocenters. The quantitative estimate of drug-likeness (QED) is 0.440. The van der Waals surface area contributed by atoms with E-state index in [1.165, 1.54) is 41.0 Å². The normalized spacial score (nSPS) is 22.4. The van der Waals surface area contributed by atoms with E-state index in [1.54, 1.807) is 0 Å². The van der Waals surface area contributed by atoms with Gasteiger partial charge >= 0.3 is 28.4 Å². The monoisotopic (exact) mass is 374 g/mol. The van der Waals surface area contributed by atoms with Gasteiger partial charge in [-0.2, -0.15) is 12.2 Å². The molecule has 0 fully saturated rings. The molecule has 0 aliphatic heterocycles. The standard InChI is InChI=1S/C8H11.C7H9.CH2.2ClH.Zr/c1-6-4-7(2)8(3)5-6;1-6-3-4-7(2)5-6;;;;/h4,6H,1-3H3;3-4,6H,1-2H3;1H2;2*1H;/q2*-1;;;;+2/p-2. The number of halogens is 2. The molecule has 2 aliphatic rings. The molecule has 0 nitrogen and oxygen atoms in total. The van der Waals surface area contributed by atoms with Gasteiger partial charge in [0.1, 0.15) is 0 Å². The van der Waals surface area contributed by atoms with Gasteiger partial charge in [0.25, 0.3) is 0 Å². The first kappa shape index (κ1) is 24.3. The largest absolute Gasteiger partial charge is 1.00 e. The Morgan fingerprint density at radius 3 is 1.63 bits per heavy atom. The summed E-state index contributed by atoms with van der Waals surface area (Å²) in [7, 11) is 0. The Morgan fingerprint density at radius 2 is 1.53 bits per heavy atom. The minimum Gasteiger partial charge on any atom is -1.00 e. The SMILES string of the molecule is CC1=[C-]C(C)C=C1.CC1=[C-]C(C)C=C1C.[CH2]=[Zr+2].[Cl-].[Cl-]. The van der Waals surface area contributed by atoms with Crippen molar-refractivity contribution in [2.75, 3.05) is 0 Å². The minimum absolute atomic E-state index is 0. The van der Waals surface area contributed by atoms with Gasteiger partial charge in [-0.15, -0.1) is 6.92 Å². The number of hydrogen-bond acceptors (Lipinski definition) is 0. The molecule has 2 atom stereocenters. The van der Waals surface area contributed by atoms with E-state index in [-0.39, 0.29) is 24.8 Å². The Hall–Kier alpha value is 0.293. The maximum Gasteiger partial charge on any atom is -1.00 e. The molecular weight excluding hydrogens is 354 g/mol. The van der Waals surface area contributed by atoms with Crippen molar-refractivity contribution < 1.29 is 49.0 Å². The van der Waals surface area contributed by atoms with Crippen LogP contribution in [0.5, 0.6) is 0 Å². The van der Waals surface area contributed by atoms with Crippen LogP contribution in [0.1, 0.15) is 34.6 Å². The van der Waals surface area contributed by atoms with Gasteiger partial charge in [0.05, 0.1) is 0 Å². The van der Waals surface area contributed by atoms with Gasteiger partial charge in [0.15, 0.2) is 0 Å². The molecule has 3 heteroatoms. The molecule has 106 valence electrons. The van der Waals surface area contributed by atoms with E-state index in [4.69, 9.17) is 0 Å². The molecule has 0 N–H and O–H groups in total. The summed E-state index contributed by atoms with van der Waals surface area (Å²) in [4.78, 5) is 0. The van der Waals surface area contributed by atoms with Gasteiger partial charge in [-0.3, -0.25) is 12.2 Å². The van der Waals surface area contributed by atoms with Crippen LogP contribution in [0.4, 0.5) is 0 Å². The van der Waals surface area contributed by atoms with Crippen molar-refractivity contribution in [1.29, 1.82) is 0 Å². The number of rotatable bonds is 0. The predicted octanol–water partition coefficient (Wildman–Crippen LogP) is -1.75. The van der Waals surface area contributed by atoms with Crippen LogP contribution in [-0.2, 0) is 24.2 Å². The van der Waals surface area contributed by atoms with E-state index in [9.17, 15) is 0 Å². The van der Waals surface area contributed by atoms with E-state index in [2.05, 4.69) is 69.2 Å². The third kappa shape index (κ3) is 10.7. The topological polar surface area (TPSA) is 0 Å². The van der Waals surface area contributed by atoms with Crippen LogP contribution in [0, 0.1) is 24.0 Å². The molecule has 0 aromatic heterocycles. The molecule has 0 spiro atoms. The van der Waals surface area contributed by atoms with E-state index >= 15 is 0 Å². The third-order valence-corrected chi connectivity index (χ3v) is 2.63. The number of hydrogen-bond donors (Lipinski definition) is 0. The van der Waals surface area contributed by atoms with Crippen molar-refractivity contribution in [1.82, 2.24) is 0 Å². The second-order valence-electron chi connectivity index (χ2n) is 4.38. The van der Waals surface area contributed by atoms with Gasteiger partial charge in [-0.05, 0) is 0 Å². The summed E-state index contributed by atoms with van der Waals surface area (Å²) in [6, 6.07) is 0. The fourth-order valence-corrected chi connectivity index (χ4v) is 1.74. The smallest absolute Gasteiger partial charge is 1.00 e. The molecule has 0 amide bonds. The van der Waals surface area contributed by atoms with Crippen LogP contribution < -0.4 is 24.8 Å². The van der Waals surface area contributed by atoms with Crippen LogP contribution >= 0.6 is 0 Å². The van der Waals surface area contributed by atoms with E-state index in [0.717, 1.165) is 0 Å². The summed E-state index contributed by atoms with van der Waals surface area (Å²) >= 11 is 1.30. The van der Waals surface area contributed by atoms with Crippen LogP contribution in [0.25, 0.3) is 0 Å². The molecule has 0 aromatic carbocycles. The van der Waals surface area contributed by atoms with Crippen LogP contribution in [0.3, 0.4) is 0 Å². The zero-order valence-corrected chi connectivity index (χ0v) is 16.3. The van der Waals surface area contributed by atoms with Crippen molar-refractivity contribution in [3.8, 4) is 0 Å². The molecule has 0 radical (unpaired) electrons. The molecular formula is C16H22Cl2Zr-2. The van der Waals surface area contributed by atoms with Crippen molar-refractivity contribution in [3.05, 3.63) is 47.1 Å². The summed E-state index contributed by atoms with van der Waals surface area (Å²) < 4.78 is 3.34. The molecule has 2 aliphatic carbocycles. The van der Waals surface area contributed by atoms with Crippen molar-refractivity contribution in [3.63, 3.8) is 0 Å². The van der Waals surface area contributed by atoms with Gasteiger partial charge in [0, 0.05) is 0 Å².